The molecule has 0 saturated heterocycles. The van der Waals surface area contributed by atoms with E-state index in [1.165, 1.54) is 16.2 Å². The summed E-state index contributed by atoms with van der Waals surface area (Å²) in [5.74, 6) is -0.275. The predicted octanol–water partition coefficient (Wildman–Crippen LogP) is 3.26. The van der Waals surface area contributed by atoms with E-state index >= 15 is 0 Å². The van der Waals surface area contributed by atoms with Crippen LogP contribution in [0.5, 0.6) is 0 Å². The van der Waals surface area contributed by atoms with Gasteiger partial charge in [0.2, 0.25) is 5.91 Å². The molecule has 3 rings (SSSR count). The topological polar surface area (TPSA) is 84.2 Å². The summed E-state index contributed by atoms with van der Waals surface area (Å²) in [6.07, 6.45) is 2.86. The van der Waals surface area contributed by atoms with Gasteiger partial charge in [-0.15, -0.1) is 11.3 Å². The molecule has 0 fully saturated rings. The summed E-state index contributed by atoms with van der Waals surface area (Å²) in [5.41, 5.74) is 8.22. The molecule has 6 heteroatoms. The van der Waals surface area contributed by atoms with Gasteiger partial charge in [-0.05, 0) is 36.3 Å². The molecule has 5 nitrogen and oxygen atoms in total. The van der Waals surface area contributed by atoms with Gasteiger partial charge in [-0.3, -0.25) is 9.59 Å². The van der Waals surface area contributed by atoms with Crippen LogP contribution in [-0.4, -0.2) is 18.4 Å². The lowest BCUT2D eigenvalue weighted by Crippen LogP contribution is -2.33. The molecule has 1 atom stereocenters. The minimum Gasteiger partial charge on any atom is -0.365 e. The number of thiophene rings is 1. The van der Waals surface area contributed by atoms with E-state index in [0.717, 1.165) is 30.4 Å². The van der Waals surface area contributed by atoms with E-state index in [1.54, 1.807) is 0 Å². The Morgan fingerprint density at radius 3 is 2.58 bits per heavy atom. The zero-order chi connectivity index (χ0) is 18.7. The van der Waals surface area contributed by atoms with Crippen molar-refractivity contribution in [3.63, 3.8) is 0 Å². The molecule has 1 aromatic carbocycles. The molecule has 4 N–H and O–H groups in total. The van der Waals surface area contributed by atoms with E-state index in [2.05, 4.69) is 36.6 Å². The van der Waals surface area contributed by atoms with Crippen LogP contribution >= 0.6 is 11.3 Å². The van der Waals surface area contributed by atoms with Gasteiger partial charge in [0.15, 0.2) is 0 Å². The number of hydrogen-bond donors (Lipinski definition) is 3. The number of nitrogens with two attached hydrogens (primary N) is 1. The summed E-state index contributed by atoms with van der Waals surface area (Å²) in [6.45, 7) is 4.42. The predicted molar refractivity (Wildman–Crippen MR) is 106 cm³/mol. The van der Waals surface area contributed by atoms with E-state index in [9.17, 15) is 9.59 Å². The van der Waals surface area contributed by atoms with Gasteiger partial charge in [-0.25, -0.2) is 0 Å². The molecule has 1 aliphatic rings. The van der Waals surface area contributed by atoms with E-state index < -0.39 is 5.91 Å². The highest BCUT2D eigenvalue weighted by molar-refractivity contribution is 7.17. The Balaban J connectivity index is 1.67. The Morgan fingerprint density at radius 2 is 1.92 bits per heavy atom. The number of fused-ring (bicyclic) bond motifs is 1. The number of rotatable bonds is 7. The SMILES string of the molecule is CC(C)[C@H](NCC(=O)Nc1sc2c(c1C(N)=O)CCC2)c1ccccc1. The standard InChI is InChI=1S/C20H25N3O2S/c1-12(2)18(13-7-4-3-5-8-13)22-11-16(24)23-20-17(19(21)25)14-9-6-10-15(14)26-20/h3-5,7-8,12,18,22H,6,9-11H2,1-2H3,(H2,21,25)(H,23,24)/t18-/m0/s1. The number of primary amides is 1. The third kappa shape index (κ3) is 3.97. The van der Waals surface area contributed by atoms with Crippen molar-refractivity contribution in [1.29, 1.82) is 0 Å². The lowest BCUT2D eigenvalue weighted by atomic mass is 9.96. The van der Waals surface area contributed by atoms with Crippen LogP contribution in [0.1, 0.15) is 52.7 Å². The molecular formula is C20H25N3O2S. The summed E-state index contributed by atoms with van der Waals surface area (Å²) in [5, 5.41) is 6.81. The summed E-state index contributed by atoms with van der Waals surface area (Å²) < 4.78 is 0. The number of amides is 2. The van der Waals surface area contributed by atoms with Crippen molar-refractivity contribution >= 4 is 28.2 Å². The summed E-state index contributed by atoms with van der Waals surface area (Å²) in [6, 6.07) is 10.2. The lowest BCUT2D eigenvalue weighted by Gasteiger charge is -2.22. The summed E-state index contributed by atoms with van der Waals surface area (Å²) in [4.78, 5) is 25.5. The quantitative estimate of drug-likeness (QED) is 0.698. The fraction of sp³-hybridized carbons (Fsp3) is 0.400. The first-order valence-electron chi connectivity index (χ1n) is 9.00. The molecule has 26 heavy (non-hydrogen) atoms. The molecule has 0 radical (unpaired) electrons. The largest absolute Gasteiger partial charge is 0.365 e. The molecule has 0 bridgehead atoms. The molecule has 2 aromatic rings. The Kier molecular flexibility index (Phi) is 5.74. The molecule has 0 aliphatic heterocycles. The molecule has 0 saturated carbocycles. The van der Waals surface area contributed by atoms with Crippen LogP contribution < -0.4 is 16.4 Å². The third-order valence-electron chi connectivity index (χ3n) is 4.73. The van der Waals surface area contributed by atoms with Crippen molar-refractivity contribution in [3.8, 4) is 0 Å². The second-order valence-electron chi connectivity index (χ2n) is 6.99. The van der Waals surface area contributed by atoms with Crippen molar-refractivity contribution in [1.82, 2.24) is 5.32 Å². The monoisotopic (exact) mass is 371 g/mol. The first-order valence-corrected chi connectivity index (χ1v) is 9.81. The van der Waals surface area contributed by atoms with Crippen molar-refractivity contribution in [2.75, 3.05) is 11.9 Å². The number of benzene rings is 1. The van der Waals surface area contributed by atoms with Crippen LogP contribution in [0.3, 0.4) is 0 Å². The van der Waals surface area contributed by atoms with E-state index in [4.69, 9.17) is 5.73 Å². The Labute approximate surface area is 158 Å². The van der Waals surface area contributed by atoms with Gasteiger partial charge in [0.1, 0.15) is 5.00 Å². The maximum Gasteiger partial charge on any atom is 0.251 e. The van der Waals surface area contributed by atoms with Gasteiger partial charge in [-0.2, -0.15) is 0 Å². The number of nitrogens with one attached hydrogen (secondary N) is 2. The van der Waals surface area contributed by atoms with Crippen LogP contribution in [0.25, 0.3) is 0 Å². The van der Waals surface area contributed by atoms with Crippen molar-refractivity contribution in [3.05, 3.63) is 51.9 Å². The molecule has 2 amide bonds. The van der Waals surface area contributed by atoms with Crippen molar-refractivity contribution in [2.45, 2.75) is 39.2 Å². The molecule has 1 aromatic heterocycles. The average molecular weight is 372 g/mol. The highest BCUT2D eigenvalue weighted by Crippen LogP contribution is 2.38. The Morgan fingerprint density at radius 1 is 1.19 bits per heavy atom. The van der Waals surface area contributed by atoms with Gasteiger partial charge < -0.3 is 16.4 Å². The van der Waals surface area contributed by atoms with Crippen LogP contribution in [0, 0.1) is 5.92 Å². The number of carbonyl (C=O) groups is 2. The third-order valence-corrected chi connectivity index (χ3v) is 5.94. The molecule has 0 spiro atoms. The van der Waals surface area contributed by atoms with Gasteiger partial charge in [0.05, 0.1) is 12.1 Å². The van der Waals surface area contributed by atoms with Gasteiger partial charge in [-0.1, -0.05) is 44.2 Å². The van der Waals surface area contributed by atoms with Crippen LogP contribution in [0.15, 0.2) is 30.3 Å². The normalized spacial score (nSPS) is 14.3. The van der Waals surface area contributed by atoms with Crippen molar-refractivity contribution < 1.29 is 9.59 Å². The molecule has 1 heterocycles. The molecule has 0 unspecified atom stereocenters. The lowest BCUT2D eigenvalue weighted by molar-refractivity contribution is -0.115. The number of aryl methyl sites for hydroxylation is 1. The van der Waals surface area contributed by atoms with Crippen LogP contribution in [0.2, 0.25) is 0 Å². The Bertz CT molecular complexity index is 799. The zero-order valence-corrected chi connectivity index (χ0v) is 16.0. The second-order valence-corrected chi connectivity index (χ2v) is 8.09. The number of carbonyl (C=O) groups excluding carboxylic acids is 2. The van der Waals surface area contributed by atoms with E-state index in [-0.39, 0.29) is 18.5 Å². The fourth-order valence-electron chi connectivity index (χ4n) is 3.53. The van der Waals surface area contributed by atoms with Gasteiger partial charge in [0, 0.05) is 10.9 Å². The highest BCUT2D eigenvalue weighted by Gasteiger charge is 2.26. The maximum absolute atomic E-state index is 12.5. The molecule has 1 aliphatic carbocycles. The summed E-state index contributed by atoms with van der Waals surface area (Å²) in [7, 11) is 0. The maximum atomic E-state index is 12.5. The smallest absolute Gasteiger partial charge is 0.251 e. The first-order chi connectivity index (χ1) is 12.5. The zero-order valence-electron chi connectivity index (χ0n) is 15.2. The minimum absolute atomic E-state index is 0.0888. The summed E-state index contributed by atoms with van der Waals surface area (Å²) >= 11 is 1.48. The average Bonchev–Trinajstić information content (AvgIpc) is 3.15. The number of anilines is 1. The highest BCUT2D eigenvalue weighted by atomic mass is 32.1. The molecule has 138 valence electrons. The fourth-order valence-corrected chi connectivity index (χ4v) is 4.84. The van der Waals surface area contributed by atoms with Crippen LogP contribution in [0.4, 0.5) is 5.00 Å². The van der Waals surface area contributed by atoms with Crippen molar-refractivity contribution in [2.24, 2.45) is 11.7 Å². The van der Waals surface area contributed by atoms with E-state index in [0.29, 0.717) is 16.5 Å². The number of hydrogen-bond acceptors (Lipinski definition) is 4. The Hall–Kier alpha value is -2.18. The molecular weight excluding hydrogens is 346 g/mol. The first kappa shape index (κ1) is 18.6. The van der Waals surface area contributed by atoms with E-state index in [1.807, 2.05) is 18.2 Å². The van der Waals surface area contributed by atoms with Gasteiger partial charge >= 0.3 is 0 Å². The van der Waals surface area contributed by atoms with Crippen LogP contribution in [-0.2, 0) is 17.6 Å². The van der Waals surface area contributed by atoms with Gasteiger partial charge in [0.25, 0.3) is 5.91 Å². The minimum atomic E-state index is -0.461. The second kappa shape index (κ2) is 8.01.